The van der Waals surface area contributed by atoms with Crippen LogP contribution in [0.5, 0.6) is 0 Å². The fourth-order valence-electron chi connectivity index (χ4n) is 8.75. The van der Waals surface area contributed by atoms with Crippen molar-refractivity contribution < 1.29 is 24.5 Å². The molecule has 0 saturated heterocycles. The molecule has 0 aliphatic heterocycles. The number of carbonyl (C=O) groups is 2. The number of hydrogen-bond donors (Lipinski definition) is 3. The highest BCUT2D eigenvalue weighted by Gasteiger charge is 2.18. The van der Waals surface area contributed by atoms with Gasteiger partial charge in [0.2, 0.25) is 5.91 Å². The molecule has 0 aromatic carbocycles. The van der Waals surface area contributed by atoms with Gasteiger partial charge >= 0.3 is 5.97 Å². The van der Waals surface area contributed by atoms with Crippen LogP contribution < -0.4 is 5.32 Å². The minimum absolute atomic E-state index is 0.000721. The quantitative estimate of drug-likeness (QED) is 0.0321. The van der Waals surface area contributed by atoms with Crippen LogP contribution >= 0.6 is 0 Å². The Kier molecular flexibility index (Phi) is 51.0. The largest absolute Gasteiger partial charge is 0.466 e. The Morgan fingerprint density at radius 1 is 0.435 bits per heavy atom. The van der Waals surface area contributed by atoms with E-state index in [0.717, 1.165) is 44.9 Å². The van der Waals surface area contributed by atoms with Gasteiger partial charge in [-0.05, 0) is 32.1 Å². The number of amides is 1. The lowest BCUT2D eigenvalue weighted by atomic mass is 10.0. The molecule has 2 unspecified atom stereocenters. The van der Waals surface area contributed by atoms with E-state index in [1.54, 1.807) is 6.08 Å². The molecule has 0 aromatic heterocycles. The summed E-state index contributed by atoms with van der Waals surface area (Å²) in [6, 6.07) is -0.633. The lowest BCUT2D eigenvalue weighted by Gasteiger charge is -2.20. The van der Waals surface area contributed by atoms with Crippen molar-refractivity contribution in [3.05, 3.63) is 12.2 Å². The second-order valence-electron chi connectivity index (χ2n) is 19.3. The fraction of sp³-hybridized carbons (Fsp3) is 0.929. The number of rotatable bonds is 52. The summed E-state index contributed by atoms with van der Waals surface area (Å²) in [7, 11) is 0. The highest BCUT2D eigenvalue weighted by atomic mass is 16.5. The molecule has 3 N–H and O–H groups in total. The molecule has 0 bridgehead atoms. The van der Waals surface area contributed by atoms with Crippen LogP contribution in [0.25, 0.3) is 0 Å². The van der Waals surface area contributed by atoms with Gasteiger partial charge in [-0.3, -0.25) is 9.59 Å². The molecule has 0 radical (unpaired) electrons. The topological polar surface area (TPSA) is 95.9 Å². The number of carbonyl (C=O) groups excluding carboxylic acids is 2. The summed E-state index contributed by atoms with van der Waals surface area (Å²) in [4.78, 5) is 24.5. The molecule has 0 fully saturated rings. The Balaban J connectivity index is 3.46. The first-order chi connectivity index (χ1) is 30.5. The van der Waals surface area contributed by atoms with Crippen molar-refractivity contribution in [2.24, 2.45) is 0 Å². The summed E-state index contributed by atoms with van der Waals surface area (Å²) in [5.74, 6) is -0.0732. The third kappa shape index (κ3) is 48.1. The normalized spacial score (nSPS) is 12.6. The standard InChI is InChI=1S/C56H109NO5/c1-3-5-7-9-11-13-15-17-18-19-20-22-25-28-32-36-40-44-48-54(59)53(52-58)57-55(60)49-45-41-37-33-29-26-23-21-24-27-31-35-39-43-47-51-62-56(61)50-46-42-38-34-30-16-14-12-10-8-6-4-2/h44,48,53-54,58-59H,3-43,45-47,49-52H2,1-2H3,(H,57,60)/b48-44+. The van der Waals surface area contributed by atoms with Gasteiger partial charge in [0.15, 0.2) is 0 Å². The number of unbranched alkanes of at least 4 members (excludes halogenated alkanes) is 41. The van der Waals surface area contributed by atoms with Gasteiger partial charge < -0.3 is 20.3 Å². The molecule has 0 aliphatic carbocycles. The maximum Gasteiger partial charge on any atom is 0.305 e. The van der Waals surface area contributed by atoms with E-state index in [1.165, 1.54) is 238 Å². The van der Waals surface area contributed by atoms with E-state index in [1.807, 2.05) is 6.08 Å². The Hall–Kier alpha value is -1.40. The van der Waals surface area contributed by atoms with Crippen molar-refractivity contribution in [1.29, 1.82) is 0 Å². The molecule has 0 saturated carbocycles. The highest BCUT2D eigenvalue weighted by Crippen LogP contribution is 2.17. The Morgan fingerprint density at radius 2 is 0.742 bits per heavy atom. The van der Waals surface area contributed by atoms with Gasteiger partial charge in [-0.1, -0.05) is 276 Å². The van der Waals surface area contributed by atoms with Crippen molar-refractivity contribution in [1.82, 2.24) is 5.32 Å². The van der Waals surface area contributed by atoms with Gasteiger partial charge in [-0.15, -0.1) is 0 Å². The van der Waals surface area contributed by atoms with E-state index >= 15 is 0 Å². The minimum atomic E-state index is -0.849. The predicted molar refractivity (Wildman–Crippen MR) is 269 cm³/mol. The Morgan fingerprint density at radius 3 is 1.10 bits per heavy atom. The third-order valence-electron chi connectivity index (χ3n) is 13.1. The SMILES string of the molecule is CCCCCCCCCCCCCCCCCC/C=C/C(O)C(CO)NC(=O)CCCCCCCCCCCCCCCCCOC(=O)CCCCCCCCCCCCCC. The van der Waals surface area contributed by atoms with Gasteiger partial charge in [0.05, 0.1) is 25.4 Å². The van der Waals surface area contributed by atoms with E-state index in [9.17, 15) is 19.8 Å². The molecule has 1 amide bonds. The maximum atomic E-state index is 12.5. The lowest BCUT2D eigenvalue weighted by molar-refractivity contribution is -0.143. The minimum Gasteiger partial charge on any atom is -0.466 e. The van der Waals surface area contributed by atoms with Gasteiger partial charge in [-0.2, -0.15) is 0 Å². The molecular weight excluding hydrogens is 767 g/mol. The summed E-state index contributed by atoms with van der Waals surface area (Å²) >= 11 is 0. The van der Waals surface area contributed by atoms with E-state index in [0.29, 0.717) is 19.4 Å². The maximum absolute atomic E-state index is 12.5. The lowest BCUT2D eigenvalue weighted by Crippen LogP contribution is -2.45. The smallest absolute Gasteiger partial charge is 0.305 e. The van der Waals surface area contributed by atoms with Gasteiger partial charge in [-0.25, -0.2) is 0 Å². The first-order valence-corrected chi connectivity index (χ1v) is 28.0. The first-order valence-electron chi connectivity index (χ1n) is 28.0. The van der Waals surface area contributed by atoms with Crippen LogP contribution in [0, 0.1) is 0 Å². The number of aliphatic hydroxyl groups is 2. The molecule has 62 heavy (non-hydrogen) atoms. The van der Waals surface area contributed by atoms with Crippen LogP contribution in [-0.4, -0.2) is 47.4 Å². The van der Waals surface area contributed by atoms with Crippen molar-refractivity contribution in [2.75, 3.05) is 13.2 Å². The summed E-state index contributed by atoms with van der Waals surface area (Å²) in [5.41, 5.74) is 0. The monoisotopic (exact) mass is 876 g/mol. The van der Waals surface area contributed by atoms with Crippen LogP contribution in [0.2, 0.25) is 0 Å². The molecule has 2 atom stereocenters. The van der Waals surface area contributed by atoms with E-state index in [2.05, 4.69) is 19.2 Å². The van der Waals surface area contributed by atoms with Crippen molar-refractivity contribution >= 4 is 11.9 Å². The van der Waals surface area contributed by atoms with E-state index in [-0.39, 0.29) is 18.5 Å². The second kappa shape index (κ2) is 52.2. The Labute approximate surface area is 387 Å². The molecule has 0 heterocycles. The van der Waals surface area contributed by atoms with Crippen molar-refractivity contribution in [2.45, 2.75) is 321 Å². The van der Waals surface area contributed by atoms with Crippen LogP contribution in [0.3, 0.4) is 0 Å². The molecule has 0 rings (SSSR count). The first kappa shape index (κ1) is 60.6. The van der Waals surface area contributed by atoms with Gasteiger partial charge in [0, 0.05) is 12.8 Å². The highest BCUT2D eigenvalue weighted by molar-refractivity contribution is 5.76. The van der Waals surface area contributed by atoms with Crippen LogP contribution in [0.1, 0.15) is 309 Å². The zero-order valence-electron chi connectivity index (χ0n) is 41.9. The number of allylic oxidation sites excluding steroid dienone is 1. The average Bonchev–Trinajstić information content (AvgIpc) is 3.27. The van der Waals surface area contributed by atoms with Gasteiger partial charge in [0.1, 0.15) is 0 Å². The van der Waals surface area contributed by atoms with Gasteiger partial charge in [0.25, 0.3) is 0 Å². The number of hydrogen-bond acceptors (Lipinski definition) is 5. The van der Waals surface area contributed by atoms with E-state index in [4.69, 9.17) is 4.74 Å². The zero-order chi connectivity index (χ0) is 45.1. The van der Waals surface area contributed by atoms with Crippen LogP contribution in [-0.2, 0) is 14.3 Å². The average molecular weight is 876 g/mol. The number of aliphatic hydroxyl groups excluding tert-OH is 2. The third-order valence-corrected chi connectivity index (χ3v) is 13.1. The molecule has 0 spiro atoms. The molecule has 0 aliphatic rings. The summed E-state index contributed by atoms with van der Waals surface area (Å²) < 4.78 is 5.46. The van der Waals surface area contributed by atoms with Crippen molar-refractivity contribution in [3.8, 4) is 0 Å². The summed E-state index contributed by atoms with van der Waals surface area (Å²) in [6.45, 7) is 4.90. The molecule has 368 valence electrons. The molecule has 6 nitrogen and oxygen atoms in total. The fourth-order valence-corrected chi connectivity index (χ4v) is 8.75. The number of ether oxygens (including phenoxy) is 1. The number of esters is 1. The second-order valence-corrected chi connectivity index (χ2v) is 19.3. The zero-order valence-corrected chi connectivity index (χ0v) is 41.9. The van der Waals surface area contributed by atoms with E-state index < -0.39 is 12.1 Å². The molecular formula is C56H109NO5. The molecule has 0 aromatic rings. The predicted octanol–water partition coefficient (Wildman–Crippen LogP) is 16.9. The number of nitrogens with one attached hydrogen (secondary N) is 1. The summed E-state index contributed by atoms with van der Waals surface area (Å²) in [6.07, 6.45) is 60.8. The Bertz CT molecular complexity index is 924. The van der Waals surface area contributed by atoms with Crippen LogP contribution in [0.15, 0.2) is 12.2 Å². The summed E-state index contributed by atoms with van der Waals surface area (Å²) in [5, 5.41) is 23.1. The molecule has 6 heteroatoms. The van der Waals surface area contributed by atoms with Crippen LogP contribution in [0.4, 0.5) is 0 Å². The van der Waals surface area contributed by atoms with Crippen molar-refractivity contribution in [3.63, 3.8) is 0 Å².